The molecular formula is C11H21NO2. The Morgan fingerprint density at radius 1 is 1.21 bits per heavy atom. The Morgan fingerprint density at radius 2 is 1.86 bits per heavy atom. The molecule has 2 N–H and O–H groups in total. The largest absolute Gasteiger partial charge is 0.481 e. The topological polar surface area (TPSA) is 49.3 Å². The van der Waals surface area contributed by atoms with Crippen LogP contribution in [-0.2, 0) is 4.79 Å². The van der Waals surface area contributed by atoms with E-state index in [1.165, 1.54) is 38.5 Å². The minimum absolute atomic E-state index is 0.291. The van der Waals surface area contributed by atoms with Crippen LogP contribution in [0, 0.1) is 0 Å². The molecule has 0 aromatic heterocycles. The molecule has 1 rings (SSSR count). The fourth-order valence-electron chi connectivity index (χ4n) is 2.03. The van der Waals surface area contributed by atoms with Crippen molar-refractivity contribution in [1.82, 2.24) is 5.32 Å². The number of aliphatic carboxylic acids is 1. The highest BCUT2D eigenvalue weighted by molar-refractivity contribution is 5.66. The molecule has 1 aliphatic rings. The molecule has 0 heterocycles. The second-order valence-electron chi connectivity index (χ2n) is 4.14. The molecule has 0 aromatic carbocycles. The smallest absolute Gasteiger partial charge is 0.303 e. The van der Waals surface area contributed by atoms with Gasteiger partial charge in [0.15, 0.2) is 0 Å². The highest BCUT2D eigenvalue weighted by Crippen LogP contribution is 2.16. The Bertz CT molecular complexity index is 163. The summed E-state index contributed by atoms with van der Waals surface area (Å²) in [4.78, 5) is 10.3. The van der Waals surface area contributed by atoms with Crippen LogP contribution in [0.1, 0.15) is 51.4 Å². The van der Waals surface area contributed by atoms with Crippen LogP contribution in [0.4, 0.5) is 0 Å². The first kappa shape index (κ1) is 11.5. The van der Waals surface area contributed by atoms with E-state index < -0.39 is 5.97 Å². The zero-order valence-electron chi connectivity index (χ0n) is 8.80. The van der Waals surface area contributed by atoms with Crippen molar-refractivity contribution in [3.8, 4) is 0 Å². The molecule has 1 aliphatic carbocycles. The van der Waals surface area contributed by atoms with Gasteiger partial charge in [0.05, 0.1) is 0 Å². The standard InChI is InChI=1S/C11H21NO2/c13-11(14)8-5-9-12-10-6-3-1-2-4-7-10/h10,12H,1-9H2,(H,13,14). The molecule has 14 heavy (non-hydrogen) atoms. The van der Waals surface area contributed by atoms with E-state index in [-0.39, 0.29) is 0 Å². The van der Waals surface area contributed by atoms with Crippen LogP contribution < -0.4 is 5.32 Å². The van der Waals surface area contributed by atoms with Gasteiger partial charge in [-0.3, -0.25) is 4.79 Å². The predicted molar refractivity (Wildman–Crippen MR) is 56.4 cm³/mol. The van der Waals surface area contributed by atoms with E-state index in [1.54, 1.807) is 0 Å². The summed E-state index contributed by atoms with van der Waals surface area (Å²) in [6.45, 7) is 0.858. The molecule has 3 heteroatoms. The summed E-state index contributed by atoms with van der Waals surface area (Å²) in [5.41, 5.74) is 0. The number of hydrogen-bond acceptors (Lipinski definition) is 2. The lowest BCUT2D eigenvalue weighted by Crippen LogP contribution is -2.29. The fraction of sp³-hybridized carbons (Fsp3) is 0.909. The van der Waals surface area contributed by atoms with Gasteiger partial charge in [-0.25, -0.2) is 0 Å². The maximum Gasteiger partial charge on any atom is 0.303 e. The van der Waals surface area contributed by atoms with E-state index in [0.717, 1.165) is 13.0 Å². The van der Waals surface area contributed by atoms with Gasteiger partial charge in [-0.2, -0.15) is 0 Å². The Labute approximate surface area is 85.9 Å². The normalized spacial score (nSPS) is 19.1. The SMILES string of the molecule is O=C(O)CCCNC1CCCCCC1. The molecule has 0 bridgehead atoms. The molecular weight excluding hydrogens is 178 g/mol. The van der Waals surface area contributed by atoms with Crippen LogP contribution in [0.15, 0.2) is 0 Å². The second-order valence-corrected chi connectivity index (χ2v) is 4.14. The Hall–Kier alpha value is -0.570. The molecule has 0 unspecified atom stereocenters. The Balaban J connectivity index is 2.01. The van der Waals surface area contributed by atoms with Crippen molar-refractivity contribution >= 4 is 5.97 Å². The maximum absolute atomic E-state index is 10.3. The Kier molecular flexibility index (Phi) is 5.60. The lowest BCUT2D eigenvalue weighted by Gasteiger charge is -2.15. The highest BCUT2D eigenvalue weighted by Gasteiger charge is 2.10. The summed E-state index contributed by atoms with van der Waals surface area (Å²) >= 11 is 0. The summed E-state index contributed by atoms with van der Waals surface area (Å²) < 4.78 is 0. The van der Waals surface area contributed by atoms with Gasteiger partial charge < -0.3 is 10.4 Å². The number of rotatable bonds is 5. The minimum Gasteiger partial charge on any atom is -0.481 e. The van der Waals surface area contributed by atoms with Crippen LogP contribution in [0.2, 0.25) is 0 Å². The number of carboxylic acids is 1. The fourth-order valence-corrected chi connectivity index (χ4v) is 2.03. The number of hydrogen-bond donors (Lipinski definition) is 2. The first-order valence-electron chi connectivity index (χ1n) is 5.74. The monoisotopic (exact) mass is 199 g/mol. The molecule has 0 saturated heterocycles. The van der Waals surface area contributed by atoms with E-state index in [2.05, 4.69) is 5.32 Å². The molecule has 1 saturated carbocycles. The van der Waals surface area contributed by atoms with Crippen molar-refractivity contribution in [1.29, 1.82) is 0 Å². The van der Waals surface area contributed by atoms with Gasteiger partial charge in [0.25, 0.3) is 0 Å². The summed E-state index contributed by atoms with van der Waals surface area (Å²) in [6, 6.07) is 0.645. The molecule has 0 spiro atoms. The molecule has 0 aromatic rings. The van der Waals surface area contributed by atoms with Crippen molar-refractivity contribution in [2.75, 3.05) is 6.54 Å². The first-order chi connectivity index (χ1) is 6.79. The van der Waals surface area contributed by atoms with E-state index in [0.29, 0.717) is 12.5 Å². The van der Waals surface area contributed by atoms with Crippen LogP contribution in [0.25, 0.3) is 0 Å². The van der Waals surface area contributed by atoms with E-state index in [9.17, 15) is 4.79 Å². The lowest BCUT2D eigenvalue weighted by molar-refractivity contribution is -0.137. The van der Waals surface area contributed by atoms with Gasteiger partial charge in [0, 0.05) is 12.5 Å². The minimum atomic E-state index is -0.687. The van der Waals surface area contributed by atoms with Crippen LogP contribution in [0.3, 0.4) is 0 Å². The summed E-state index contributed by atoms with van der Waals surface area (Å²) in [6.07, 6.45) is 8.99. The van der Waals surface area contributed by atoms with Crippen molar-refractivity contribution in [3.63, 3.8) is 0 Å². The Morgan fingerprint density at radius 3 is 2.43 bits per heavy atom. The zero-order valence-corrected chi connectivity index (χ0v) is 8.80. The van der Waals surface area contributed by atoms with Crippen LogP contribution >= 0.6 is 0 Å². The van der Waals surface area contributed by atoms with Crippen LogP contribution in [-0.4, -0.2) is 23.7 Å². The van der Waals surface area contributed by atoms with Crippen molar-refractivity contribution in [2.45, 2.75) is 57.4 Å². The molecule has 1 fully saturated rings. The first-order valence-corrected chi connectivity index (χ1v) is 5.74. The molecule has 0 radical (unpaired) electrons. The van der Waals surface area contributed by atoms with Gasteiger partial charge in [0.2, 0.25) is 0 Å². The van der Waals surface area contributed by atoms with Crippen LogP contribution in [0.5, 0.6) is 0 Å². The lowest BCUT2D eigenvalue weighted by atomic mass is 10.1. The van der Waals surface area contributed by atoms with Crippen molar-refractivity contribution in [3.05, 3.63) is 0 Å². The zero-order chi connectivity index (χ0) is 10.2. The van der Waals surface area contributed by atoms with Gasteiger partial charge in [-0.15, -0.1) is 0 Å². The van der Waals surface area contributed by atoms with Gasteiger partial charge in [-0.1, -0.05) is 25.7 Å². The van der Waals surface area contributed by atoms with Crippen molar-refractivity contribution in [2.24, 2.45) is 0 Å². The third-order valence-corrected chi connectivity index (χ3v) is 2.86. The quantitative estimate of drug-likeness (QED) is 0.527. The van der Waals surface area contributed by atoms with Gasteiger partial charge in [0.1, 0.15) is 0 Å². The summed E-state index contributed by atoms with van der Waals surface area (Å²) in [5, 5.41) is 11.9. The van der Waals surface area contributed by atoms with E-state index >= 15 is 0 Å². The number of nitrogens with one attached hydrogen (secondary N) is 1. The maximum atomic E-state index is 10.3. The third-order valence-electron chi connectivity index (χ3n) is 2.86. The van der Waals surface area contributed by atoms with Gasteiger partial charge >= 0.3 is 5.97 Å². The number of carbonyl (C=O) groups is 1. The molecule has 0 aliphatic heterocycles. The van der Waals surface area contributed by atoms with Crippen molar-refractivity contribution < 1.29 is 9.90 Å². The molecule has 3 nitrogen and oxygen atoms in total. The molecule has 0 amide bonds. The van der Waals surface area contributed by atoms with E-state index in [1.807, 2.05) is 0 Å². The average Bonchev–Trinajstić information content (AvgIpc) is 2.40. The number of carboxylic acid groups (broad SMARTS) is 1. The summed E-state index contributed by atoms with van der Waals surface area (Å²) in [5.74, 6) is -0.687. The average molecular weight is 199 g/mol. The third kappa shape index (κ3) is 5.22. The predicted octanol–water partition coefficient (Wildman–Crippen LogP) is 2.16. The van der Waals surface area contributed by atoms with E-state index in [4.69, 9.17) is 5.11 Å². The second kappa shape index (κ2) is 6.82. The molecule has 82 valence electrons. The highest BCUT2D eigenvalue weighted by atomic mass is 16.4. The summed E-state index contributed by atoms with van der Waals surface area (Å²) in [7, 11) is 0. The van der Waals surface area contributed by atoms with Gasteiger partial charge in [-0.05, 0) is 25.8 Å². The molecule has 0 atom stereocenters.